The highest BCUT2D eigenvalue weighted by molar-refractivity contribution is 5.76. The number of hydrogen-bond acceptors (Lipinski definition) is 2. The maximum Gasteiger partial charge on any atom is 0.220 e. The lowest BCUT2D eigenvalue weighted by Crippen LogP contribution is -2.45. The van der Waals surface area contributed by atoms with E-state index in [1.165, 1.54) is 18.9 Å². The Balaban J connectivity index is 1.65. The van der Waals surface area contributed by atoms with Crippen LogP contribution in [-0.2, 0) is 14.9 Å². The van der Waals surface area contributed by atoms with Gasteiger partial charge in [-0.25, -0.2) is 4.39 Å². The summed E-state index contributed by atoms with van der Waals surface area (Å²) in [4.78, 5) is 12.3. The van der Waals surface area contributed by atoms with Gasteiger partial charge < -0.3 is 10.1 Å². The van der Waals surface area contributed by atoms with Gasteiger partial charge in [0.15, 0.2) is 0 Å². The average molecular weight is 319 g/mol. The second-order valence-electron chi connectivity index (χ2n) is 7.20. The minimum atomic E-state index is -0.220. The molecule has 2 fully saturated rings. The summed E-state index contributed by atoms with van der Waals surface area (Å²) in [7, 11) is 0. The van der Waals surface area contributed by atoms with Crippen molar-refractivity contribution in [3.05, 3.63) is 35.6 Å². The number of amides is 1. The second-order valence-corrected chi connectivity index (χ2v) is 7.20. The van der Waals surface area contributed by atoms with E-state index in [4.69, 9.17) is 4.74 Å². The molecule has 2 aliphatic rings. The van der Waals surface area contributed by atoms with Crippen LogP contribution < -0.4 is 5.32 Å². The van der Waals surface area contributed by atoms with Crippen LogP contribution in [0.1, 0.15) is 44.6 Å². The maximum atomic E-state index is 13.6. The van der Waals surface area contributed by atoms with Gasteiger partial charge in [-0.2, -0.15) is 0 Å². The van der Waals surface area contributed by atoms with E-state index in [1.807, 2.05) is 6.07 Å². The summed E-state index contributed by atoms with van der Waals surface area (Å²) in [5.74, 6) is 1.10. The maximum absolute atomic E-state index is 13.6. The number of nitrogens with one attached hydrogen (secondary N) is 1. The third-order valence-corrected chi connectivity index (χ3v) is 5.44. The molecule has 1 aromatic carbocycles. The Morgan fingerprint density at radius 2 is 2.13 bits per heavy atom. The van der Waals surface area contributed by atoms with E-state index < -0.39 is 0 Å². The van der Waals surface area contributed by atoms with Gasteiger partial charge in [0.05, 0.1) is 0 Å². The van der Waals surface area contributed by atoms with Crippen molar-refractivity contribution in [3.63, 3.8) is 0 Å². The first-order valence-electron chi connectivity index (χ1n) is 8.70. The quantitative estimate of drug-likeness (QED) is 0.872. The molecule has 1 aliphatic carbocycles. The minimum absolute atomic E-state index is 0.117. The highest BCUT2D eigenvalue weighted by atomic mass is 19.1. The minimum Gasteiger partial charge on any atom is -0.381 e. The van der Waals surface area contributed by atoms with Gasteiger partial charge in [0.25, 0.3) is 0 Å². The van der Waals surface area contributed by atoms with Crippen molar-refractivity contribution in [3.8, 4) is 0 Å². The molecular formula is C19H26FNO2. The molecule has 0 spiro atoms. The standard InChI is InChI=1S/C19H26FNO2/c1-14(15-5-6-15)11-18(22)21-13-19(7-9-23-10-8-19)16-3-2-4-17(20)12-16/h2-4,12,14-15H,5-11,13H2,1H3,(H,21,22). The van der Waals surface area contributed by atoms with E-state index >= 15 is 0 Å². The lowest BCUT2D eigenvalue weighted by atomic mass is 9.74. The molecule has 1 saturated heterocycles. The van der Waals surface area contributed by atoms with E-state index in [1.54, 1.807) is 12.1 Å². The van der Waals surface area contributed by atoms with E-state index in [-0.39, 0.29) is 17.1 Å². The second kappa shape index (κ2) is 7.00. The number of benzene rings is 1. The van der Waals surface area contributed by atoms with Crippen LogP contribution in [0.4, 0.5) is 4.39 Å². The van der Waals surface area contributed by atoms with Crippen LogP contribution in [0.25, 0.3) is 0 Å². The summed E-state index contributed by atoms with van der Waals surface area (Å²) in [6.07, 6.45) is 4.75. The first-order chi connectivity index (χ1) is 11.1. The smallest absolute Gasteiger partial charge is 0.220 e. The van der Waals surface area contributed by atoms with Crippen LogP contribution in [0.15, 0.2) is 24.3 Å². The Hall–Kier alpha value is -1.42. The molecule has 1 saturated carbocycles. The highest BCUT2D eigenvalue weighted by Crippen LogP contribution is 2.38. The van der Waals surface area contributed by atoms with Gasteiger partial charge in [-0.05, 0) is 55.2 Å². The molecule has 1 atom stereocenters. The first kappa shape index (κ1) is 16.4. The number of carbonyl (C=O) groups excluding carboxylic acids is 1. The normalized spacial score (nSPS) is 21.7. The Kier molecular flexibility index (Phi) is 5.00. The summed E-state index contributed by atoms with van der Waals surface area (Å²) in [5.41, 5.74) is 0.759. The van der Waals surface area contributed by atoms with Crippen LogP contribution in [0.2, 0.25) is 0 Å². The molecule has 0 bridgehead atoms. The third-order valence-electron chi connectivity index (χ3n) is 5.44. The lowest BCUT2D eigenvalue weighted by Gasteiger charge is -2.38. The van der Waals surface area contributed by atoms with Crippen LogP contribution in [-0.4, -0.2) is 25.7 Å². The van der Waals surface area contributed by atoms with Crippen molar-refractivity contribution in [2.45, 2.75) is 44.4 Å². The number of halogens is 1. The molecular weight excluding hydrogens is 293 g/mol. The Morgan fingerprint density at radius 1 is 1.39 bits per heavy atom. The van der Waals surface area contributed by atoms with Crippen molar-refractivity contribution < 1.29 is 13.9 Å². The van der Waals surface area contributed by atoms with Gasteiger partial charge in [0, 0.05) is 31.6 Å². The molecule has 1 heterocycles. The monoisotopic (exact) mass is 319 g/mol. The van der Waals surface area contributed by atoms with Gasteiger partial charge in [-0.15, -0.1) is 0 Å². The molecule has 0 radical (unpaired) electrons. The van der Waals surface area contributed by atoms with Gasteiger partial charge in [0.2, 0.25) is 5.91 Å². The van der Waals surface area contributed by atoms with E-state index in [2.05, 4.69) is 12.2 Å². The highest BCUT2D eigenvalue weighted by Gasteiger charge is 2.35. The summed E-state index contributed by atoms with van der Waals surface area (Å²) in [6, 6.07) is 6.78. The zero-order valence-electron chi connectivity index (χ0n) is 13.8. The van der Waals surface area contributed by atoms with Crippen molar-refractivity contribution >= 4 is 5.91 Å². The molecule has 23 heavy (non-hydrogen) atoms. The Labute approximate surface area is 137 Å². The van der Waals surface area contributed by atoms with Crippen LogP contribution in [0.5, 0.6) is 0 Å². The zero-order valence-corrected chi connectivity index (χ0v) is 13.8. The van der Waals surface area contributed by atoms with Crippen LogP contribution in [0.3, 0.4) is 0 Å². The third kappa shape index (κ3) is 4.11. The van der Waals surface area contributed by atoms with Crippen LogP contribution >= 0.6 is 0 Å². The van der Waals surface area contributed by atoms with Crippen molar-refractivity contribution in [1.82, 2.24) is 5.32 Å². The largest absolute Gasteiger partial charge is 0.381 e. The van der Waals surface area contributed by atoms with Crippen molar-refractivity contribution in [2.75, 3.05) is 19.8 Å². The van der Waals surface area contributed by atoms with Crippen molar-refractivity contribution in [2.24, 2.45) is 11.8 Å². The molecule has 4 heteroatoms. The fourth-order valence-corrected chi connectivity index (χ4v) is 3.61. The van der Waals surface area contributed by atoms with E-state index in [0.717, 1.165) is 24.3 Å². The molecule has 3 rings (SSSR count). The number of rotatable bonds is 6. The first-order valence-corrected chi connectivity index (χ1v) is 8.70. The van der Waals surface area contributed by atoms with Crippen molar-refractivity contribution in [1.29, 1.82) is 0 Å². The van der Waals surface area contributed by atoms with Crippen LogP contribution in [0, 0.1) is 17.7 Å². The average Bonchev–Trinajstić information content (AvgIpc) is 3.39. The molecule has 3 nitrogen and oxygen atoms in total. The molecule has 1 unspecified atom stereocenters. The summed E-state index contributed by atoms with van der Waals surface area (Å²) >= 11 is 0. The fraction of sp³-hybridized carbons (Fsp3) is 0.632. The predicted molar refractivity (Wildman–Crippen MR) is 87.6 cm³/mol. The summed E-state index contributed by atoms with van der Waals surface area (Å²) in [6.45, 7) is 4.04. The van der Waals surface area contributed by atoms with E-state index in [0.29, 0.717) is 32.1 Å². The Morgan fingerprint density at radius 3 is 2.78 bits per heavy atom. The molecule has 0 aromatic heterocycles. The molecule has 1 amide bonds. The fourth-order valence-electron chi connectivity index (χ4n) is 3.61. The zero-order chi connectivity index (χ0) is 16.3. The molecule has 1 aromatic rings. The predicted octanol–water partition coefficient (Wildman–Crippen LogP) is 3.43. The van der Waals surface area contributed by atoms with Gasteiger partial charge in [0.1, 0.15) is 5.82 Å². The van der Waals surface area contributed by atoms with Gasteiger partial charge in [-0.1, -0.05) is 19.1 Å². The lowest BCUT2D eigenvalue weighted by molar-refractivity contribution is -0.122. The van der Waals surface area contributed by atoms with Gasteiger partial charge >= 0.3 is 0 Å². The number of ether oxygens (including phenoxy) is 1. The van der Waals surface area contributed by atoms with E-state index in [9.17, 15) is 9.18 Å². The molecule has 1 aliphatic heterocycles. The molecule has 1 N–H and O–H groups in total. The summed E-state index contributed by atoms with van der Waals surface area (Å²) in [5, 5.41) is 3.11. The SMILES string of the molecule is CC(CC(=O)NCC1(c2cccc(F)c2)CCOCC1)C1CC1. The topological polar surface area (TPSA) is 38.3 Å². The number of hydrogen-bond donors (Lipinski definition) is 1. The summed E-state index contributed by atoms with van der Waals surface area (Å²) < 4.78 is 19.1. The Bertz CT molecular complexity index is 550. The van der Waals surface area contributed by atoms with Gasteiger partial charge in [-0.3, -0.25) is 4.79 Å². The number of carbonyl (C=O) groups is 1. The molecule has 126 valence electrons.